The molecule has 2 heteroatoms. The van der Waals surface area contributed by atoms with Gasteiger partial charge in [0.05, 0.1) is 5.69 Å². The van der Waals surface area contributed by atoms with Crippen molar-refractivity contribution in [1.82, 2.24) is 9.97 Å². The minimum Gasteiger partial charge on any atom is -0.261 e. The maximum Gasteiger partial charge on any atom is 0.0526 e. The Kier molecular flexibility index (Phi) is 1.87. The lowest BCUT2D eigenvalue weighted by Crippen LogP contribution is -1.92. The molecule has 2 aromatic heterocycles. The highest BCUT2D eigenvalue weighted by molar-refractivity contribution is 5.78. The van der Waals surface area contributed by atoms with E-state index in [1.807, 2.05) is 12.4 Å². The number of rotatable bonds is 0. The monoisotopic (exact) mass is 210 g/mol. The molecule has 0 spiro atoms. The van der Waals surface area contributed by atoms with Crippen LogP contribution in [0.25, 0.3) is 11.1 Å². The number of hydrogen-bond acceptors (Lipinski definition) is 2. The Hall–Kier alpha value is -1.70. The lowest BCUT2D eigenvalue weighted by molar-refractivity contribution is 1.08. The summed E-state index contributed by atoms with van der Waals surface area (Å²) in [5.41, 5.74) is 8.81. The second-order valence-electron chi connectivity index (χ2n) is 4.55. The SMILES string of the molecule is Cc1cnc2c(c1)-c1c(cnc(C)c1C)C2. The van der Waals surface area contributed by atoms with Crippen LogP contribution in [0.4, 0.5) is 0 Å². The Morgan fingerprint density at radius 3 is 2.69 bits per heavy atom. The molecule has 80 valence electrons. The van der Waals surface area contributed by atoms with Crippen molar-refractivity contribution < 1.29 is 0 Å². The molecule has 0 radical (unpaired) electrons. The third kappa shape index (κ3) is 1.19. The zero-order chi connectivity index (χ0) is 11.3. The number of fused-ring (bicyclic) bond motifs is 3. The molecule has 1 aliphatic carbocycles. The fourth-order valence-electron chi connectivity index (χ4n) is 2.40. The van der Waals surface area contributed by atoms with Gasteiger partial charge in [-0.3, -0.25) is 9.97 Å². The van der Waals surface area contributed by atoms with Gasteiger partial charge in [-0.25, -0.2) is 0 Å². The lowest BCUT2D eigenvalue weighted by Gasteiger charge is -2.07. The molecule has 3 rings (SSSR count). The number of pyridine rings is 2. The molecule has 0 saturated carbocycles. The van der Waals surface area contributed by atoms with Crippen LogP contribution in [0, 0.1) is 20.8 Å². The van der Waals surface area contributed by atoms with Crippen LogP contribution in [0.3, 0.4) is 0 Å². The van der Waals surface area contributed by atoms with E-state index in [1.54, 1.807) is 0 Å². The molecule has 2 aromatic rings. The second kappa shape index (κ2) is 3.14. The maximum atomic E-state index is 4.52. The van der Waals surface area contributed by atoms with Gasteiger partial charge in [-0.2, -0.15) is 0 Å². The largest absolute Gasteiger partial charge is 0.261 e. The highest BCUT2D eigenvalue weighted by Gasteiger charge is 2.22. The molecule has 0 aromatic carbocycles. The zero-order valence-corrected chi connectivity index (χ0v) is 9.83. The molecule has 0 N–H and O–H groups in total. The van der Waals surface area contributed by atoms with Gasteiger partial charge < -0.3 is 0 Å². The summed E-state index contributed by atoms with van der Waals surface area (Å²) in [7, 11) is 0. The van der Waals surface area contributed by atoms with Crippen LogP contribution >= 0.6 is 0 Å². The Morgan fingerprint density at radius 1 is 1.06 bits per heavy atom. The first-order valence-corrected chi connectivity index (χ1v) is 5.58. The summed E-state index contributed by atoms with van der Waals surface area (Å²) in [6.07, 6.45) is 4.87. The van der Waals surface area contributed by atoms with Crippen molar-refractivity contribution in [3.05, 3.63) is 46.5 Å². The fraction of sp³-hybridized carbons (Fsp3) is 0.286. The Bertz CT molecular complexity index is 586. The van der Waals surface area contributed by atoms with Crippen molar-refractivity contribution in [3.8, 4) is 11.1 Å². The van der Waals surface area contributed by atoms with Crippen LogP contribution in [-0.4, -0.2) is 9.97 Å². The zero-order valence-electron chi connectivity index (χ0n) is 9.83. The topological polar surface area (TPSA) is 25.8 Å². The van der Waals surface area contributed by atoms with E-state index in [0.717, 1.165) is 12.1 Å². The molecule has 0 atom stereocenters. The summed E-state index contributed by atoms with van der Waals surface area (Å²) in [5, 5.41) is 0. The molecule has 16 heavy (non-hydrogen) atoms. The molecule has 0 aliphatic heterocycles. The Balaban J connectivity index is 2.34. The Morgan fingerprint density at radius 2 is 1.88 bits per heavy atom. The summed E-state index contributed by atoms with van der Waals surface area (Å²) in [5.74, 6) is 0. The number of aromatic nitrogens is 2. The van der Waals surface area contributed by atoms with Crippen molar-refractivity contribution >= 4 is 0 Å². The average Bonchev–Trinajstić information content (AvgIpc) is 2.62. The van der Waals surface area contributed by atoms with Crippen molar-refractivity contribution in [1.29, 1.82) is 0 Å². The van der Waals surface area contributed by atoms with Crippen LogP contribution in [0.5, 0.6) is 0 Å². The Labute approximate surface area is 95.4 Å². The van der Waals surface area contributed by atoms with Gasteiger partial charge in [0.25, 0.3) is 0 Å². The minimum absolute atomic E-state index is 0.930. The highest BCUT2D eigenvalue weighted by Crippen LogP contribution is 2.38. The van der Waals surface area contributed by atoms with Crippen molar-refractivity contribution in [2.45, 2.75) is 27.2 Å². The van der Waals surface area contributed by atoms with E-state index in [4.69, 9.17) is 0 Å². The third-order valence-corrected chi connectivity index (χ3v) is 3.39. The van der Waals surface area contributed by atoms with Gasteiger partial charge in [-0.15, -0.1) is 0 Å². The first-order valence-electron chi connectivity index (χ1n) is 5.58. The van der Waals surface area contributed by atoms with Gasteiger partial charge in [-0.05, 0) is 49.1 Å². The van der Waals surface area contributed by atoms with Gasteiger partial charge in [0.2, 0.25) is 0 Å². The molecular formula is C14H14N2. The standard InChI is InChI=1S/C14H14N2/c1-8-4-12-13(16-6-8)5-11-7-15-10(3)9(2)14(11)12/h4,6-7H,5H2,1-3H3. The molecule has 0 saturated heterocycles. The lowest BCUT2D eigenvalue weighted by atomic mass is 10.0. The first-order chi connectivity index (χ1) is 7.66. The normalized spacial score (nSPS) is 12.4. The third-order valence-electron chi connectivity index (χ3n) is 3.39. The van der Waals surface area contributed by atoms with Gasteiger partial charge in [0, 0.05) is 30.1 Å². The molecule has 0 bridgehead atoms. The summed E-state index contributed by atoms with van der Waals surface area (Å²) in [6, 6.07) is 2.24. The predicted octanol–water partition coefficient (Wildman–Crippen LogP) is 2.97. The summed E-state index contributed by atoms with van der Waals surface area (Å²) >= 11 is 0. The maximum absolute atomic E-state index is 4.52. The van der Waals surface area contributed by atoms with E-state index in [2.05, 4.69) is 36.8 Å². The van der Waals surface area contributed by atoms with E-state index in [9.17, 15) is 0 Å². The summed E-state index contributed by atoms with van der Waals surface area (Å²) < 4.78 is 0. The minimum atomic E-state index is 0.930. The smallest absolute Gasteiger partial charge is 0.0526 e. The quantitative estimate of drug-likeness (QED) is 0.570. The van der Waals surface area contributed by atoms with Crippen LogP contribution in [-0.2, 0) is 6.42 Å². The summed E-state index contributed by atoms with van der Waals surface area (Å²) in [4.78, 5) is 8.94. The van der Waals surface area contributed by atoms with Gasteiger partial charge in [0.1, 0.15) is 0 Å². The van der Waals surface area contributed by atoms with Crippen LogP contribution in [0.15, 0.2) is 18.5 Å². The average molecular weight is 210 g/mol. The van der Waals surface area contributed by atoms with E-state index in [1.165, 1.54) is 33.5 Å². The van der Waals surface area contributed by atoms with Gasteiger partial charge in [0.15, 0.2) is 0 Å². The number of aryl methyl sites for hydroxylation is 2. The van der Waals surface area contributed by atoms with Gasteiger partial charge in [-0.1, -0.05) is 0 Å². The molecule has 0 amide bonds. The second-order valence-corrected chi connectivity index (χ2v) is 4.55. The van der Waals surface area contributed by atoms with Crippen molar-refractivity contribution in [2.24, 2.45) is 0 Å². The molecule has 2 heterocycles. The van der Waals surface area contributed by atoms with Crippen molar-refractivity contribution in [2.75, 3.05) is 0 Å². The van der Waals surface area contributed by atoms with E-state index < -0.39 is 0 Å². The van der Waals surface area contributed by atoms with Crippen LogP contribution in [0.1, 0.15) is 28.1 Å². The number of nitrogens with zero attached hydrogens (tertiary/aromatic N) is 2. The van der Waals surface area contributed by atoms with Gasteiger partial charge >= 0.3 is 0 Å². The van der Waals surface area contributed by atoms with E-state index >= 15 is 0 Å². The molecule has 0 unspecified atom stereocenters. The molecule has 0 fully saturated rings. The first kappa shape index (κ1) is 9.52. The molecule has 1 aliphatic rings. The predicted molar refractivity (Wildman–Crippen MR) is 64.5 cm³/mol. The molecule has 2 nitrogen and oxygen atoms in total. The van der Waals surface area contributed by atoms with Crippen molar-refractivity contribution in [3.63, 3.8) is 0 Å². The molecular weight excluding hydrogens is 196 g/mol. The van der Waals surface area contributed by atoms with Crippen LogP contribution in [0.2, 0.25) is 0 Å². The highest BCUT2D eigenvalue weighted by atomic mass is 14.7. The van der Waals surface area contributed by atoms with E-state index in [0.29, 0.717) is 0 Å². The van der Waals surface area contributed by atoms with Crippen LogP contribution < -0.4 is 0 Å². The fourth-order valence-corrected chi connectivity index (χ4v) is 2.40. The number of hydrogen-bond donors (Lipinski definition) is 0. The van der Waals surface area contributed by atoms with E-state index in [-0.39, 0.29) is 0 Å². The summed E-state index contributed by atoms with van der Waals surface area (Å²) in [6.45, 7) is 6.31.